The molecule has 1 aromatic rings. The number of carbonyl (C=O) groups is 4. The van der Waals surface area contributed by atoms with E-state index < -0.39 is 36.8 Å². The third-order valence-corrected chi connectivity index (χ3v) is 4.01. The van der Waals surface area contributed by atoms with E-state index in [1.54, 1.807) is 0 Å². The lowest BCUT2D eigenvalue weighted by Crippen LogP contribution is -2.37. The SMILES string of the molecule is COCCNC(=O)COC(=O)CN1C(=O)c2cc(Cl)c(Cl)cc2C1=O. The van der Waals surface area contributed by atoms with Crippen molar-refractivity contribution in [2.45, 2.75) is 0 Å². The van der Waals surface area contributed by atoms with Gasteiger partial charge in [0.05, 0.1) is 27.8 Å². The van der Waals surface area contributed by atoms with Crippen molar-refractivity contribution in [3.8, 4) is 0 Å². The van der Waals surface area contributed by atoms with Crippen LogP contribution in [0.25, 0.3) is 0 Å². The smallest absolute Gasteiger partial charge is 0.326 e. The van der Waals surface area contributed by atoms with Crippen molar-refractivity contribution < 1.29 is 28.7 Å². The monoisotopic (exact) mass is 388 g/mol. The molecule has 0 atom stereocenters. The summed E-state index contributed by atoms with van der Waals surface area (Å²) in [4.78, 5) is 48.4. The van der Waals surface area contributed by atoms with Crippen LogP contribution in [0.15, 0.2) is 12.1 Å². The topological polar surface area (TPSA) is 102 Å². The van der Waals surface area contributed by atoms with E-state index in [1.165, 1.54) is 19.2 Å². The first-order valence-corrected chi connectivity index (χ1v) is 7.87. The average Bonchev–Trinajstić information content (AvgIpc) is 2.79. The minimum atomic E-state index is -0.895. The van der Waals surface area contributed by atoms with Gasteiger partial charge in [-0.25, -0.2) is 0 Å². The van der Waals surface area contributed by atoms with Crippen LogP contribution in [0.4, 0.5) is 0 Å². The highest BCUT2D eigenvalue weighted by Gasteiger charge is 2.37. The Morgan fingerprint density at radius 2 is 1.68 bits per heavy atom. The molecule has 0 saturated heterocycles. The number of benzene rings is 1. The lowest BCUT2D eigenvalue weighted by molar-refractivity contribution is -0.148. The number of hydrogen-bond acceptors (Lipinski definition) is 6. The van der Waals surface area contributed by atoms with Crippen LogP contribution in [0, 0.1) is 0 Å². The van der Waals surface area contributed by atoms with Crippen LogP contribution in [0.5, 0.6) is 0 Å². The lowest BCUT2D eigenvalue weighted by atomic mass is 10.1. The standard InChI is InChI=1S/C15H14Cl2N2O6/c1-24-3-2-18-12(20)7-25-13(21)6-19-14(22)8-4-10(16)11(17)5-9(8)15(19)23/h4-5H,2-3,6-7H2,1H3,(H,18,20). The summed E-state index contributed by atoms with van der Waals surface area (Å²) in [6.45, 7) is -0.553. The summed E-state index contributed by atoms with van der Waals surface area (Å²) < 4.78 is 9.50. The predicted octanol–water partition coefficient (Wildman–Crippen LogP) is 0.895. The van der Waals surface area contributed by atoms with Crippen LogP contribution in [-0.4, -0.2) is 62.0 Å². The van der Waals surface area contributed by atoms with E-state index in [-0.39, 0.29) is 27.7 Å². The van der Waals surface area contributed by atoms with Crippen molar-refractivity contribution in [3.63, 3.8) is 0 Å². The normalized spacial score (nSPS) is 13.0. The highest BCUT2D eigenvalue weighted by molar-refractivity contribution is 6.43. The number of hydrogen-bond donors (Lipinski definition) is 1. The largest absolute Gasteiger partial charge is 0.454 e. The van der Waals surface area contributed by atoms with Crippen molar-refractivity contribution in [3.05, 3.63) is 33.3 Å². The van der Waals surface area contributed by atoms with Gasteiger partial charge in [0.1, 0.15) is 6.54 Å². The highest BCUT2D eigenvalue weighted by atomic mass is 35.5. The molecule has 0 aromatic heterocycles. The second-order valence-corrected chi connectivity index (χ2v) is 5.83. The number of ether oxygens (including phenoxy) is 2. The fourth-order valence-electron chi connectivity index (χ4n) is 2.09. The van der Waals surface area contributed by atoms with Gasteiger partial charge < -0.3 is 14.8 Å². The summed E-state index contributed by atoms with van der Waals surface area (Å²) >= 11 is 11.7. The number of amides is 3. The van der Waals surface area contributed by atoms with Gasteiger partial charge in [-0.2, -0.15) is 0 Å². The fourth-order valence-corrected chi connectivity index (χ4v) is 2.42. The maximum atomic E-state index is 12.2. The molecule has 10 heteroatoms. The Bertz CT molecular complexity index is 696. The molecule has 134 valence electrons. The van der Waals surface area contributed by atoms with Crippen molar-refractivity contribution in [2.75, 3.05) is 33.4 Å². The Hall–Kier alpha value is -2.16. The zero-order valence-corrected chi connectivity index (χ0v) is 14.6. The highest BCUT2D eigenvalue weighted by Crippen LogP contribution is 2.31. The minimum Gasteiger partial charge on any atom is -0.454 e. The van der Waals surface area contributed by atoms with E-state index in [9.17, 15) is 19.2 Å². The van der Waals surface area contributed by atoms with Gasteiger partial charge in [-0.3, -0.25) is 24.1 Å². The summed E-state index contributed by atoms with van der Waals surface area (Å²) in [6.07, 6.45) is 0. The van der Waals surface area contributed by atoms with E-state index in [2.05, 4.69) is 5.32 Å². The van der Waals surface area contributed by atoms with E-state index in [4.69, 9.17) is 32.7 Å². The van der Waals surface area contributed by atoms with E-state index in [1.807, 2.05) is 0 Å². The van der Waals surface area contributed by atoms with Crippen LogP contribution >= 0.6 is 23.2 Å². The molecule has 1 aliphatic rings. The third kappa shape index (κ3) is 4.47. The predicted molar refractivity (Wildman–Crippen MR) is 87.7 cm³/mol. The Balaban J connectivity index is 1.93. The molecule has 0 aliphatic carbocycles. The summed E-state index contributed by atoms with van der Waals surface area (Å²) in [6, 6.07) is 2.54. The van der Waals surface area contributed by atoms with Crippen LogP contribution in [0.1, 0.15) is 20.7 Å². The third-order valence-electron chi connectivity index (χ3n) is 3.29. The molecule has 0 spiro atoms. The average molecular weight is 389 g/mol. The van der Waals surface area contributed by atoms with Gasteiger partial charge >= 0.3 is 5.97 Å². The molecule has 1 aliphatic heterocycles. The Kier molecular flexibility index (Phi) is 6.35. The van der Waals surface area contributed by atoms with Crippen molar-refractivity contribution in [1.82, 2.24) is 10.2 Å². The molecule has 0 radical (unpaired) electrons. The quantitative estimate of drug-likeness (QED) is 0.422. The number of imide groups is 1. The first kappa shape index (κ1) is 19.2. The Morgan fingerprint density at radius 1 is 1.12 bits per heavy atom. The van der Waals surface area contributed by atoms with Gasteiger partial charge in [0.2, 0.25) is 0 Å². The molecule has 2 rings (SSSR count). The number of methoxy groups -OCH3 is 1. The zero-order chi connectivity index (χ0) is 18.6. The zero-order valence-electron chi connectivity index (χ0n) is 13.1. The number of fused-ring (bicyclic) bond motifs is 1. The lowest BCUT2D eigenvalue weighted by Gasteiger charge is -2.13. The van der Waals surface area contributed by atoms with Gasteiger partial charge in [-0.15, -0.1) is 0 Å². The van der Waals surface area contributed by atoms with Gasteiger partial charge in [0.25, 0.3) is 17.7 Å². The number of nitrogens with zero attached hydrogens (tertiary/aromatic N) is 1. The molecule has 1 heterocycles. The fraction of sp³-hybridized carbons (Fsp3) is 0.333. The Labute approximate surface area is 152 Å². The number of esters is 1. The molecule has 3 amide bonds. The number of halogens is 2. The summed E-state index contributed by atoms with van der Waals surface area (Å²) in [5, 5.41) is 2.71. The van der Waals surface area contributed by atoms with E-state index in [0.29, 0.717) is 11.5 Å². The second kappa shape index (κ2) is 8.28. The Morgan fingerprint density at radius 3 is 2.20 bits per heavy atom. The molecule has 0 saturated carbocycles. The van der Waals surface area contributed by atoms with E-state index in [0.717, 1.165) is 0 Å². The minimum absolute atomic E-state index is 0.0597. The molecular weight excluding hydrogens is 375 g/mol. The first-order chi connectivity index (χ1) is 11.8. The molecule has 1 N–H and O–H groups in total. The van der Waals surface area contributed by atoms with Gasteiger partial charge in [0, 0.05) is 13.7 Å². The van der Waals surface area contributed by atoms with Crippen LogP contribution in [-0.2, 0) is 19.1 Å². The number of rotatable bonds is 7. The van der Waals surface area contributed by atoms with Gasteiger partial charge in [-0.1, -0.05) is 23.2 Å². The van der Waals surface area contributed by atoms with E-state index >= 15 is 0 Å². The maximum Gasteiger partial charge on any atom is 0.326 e. The summed E-state index contributed by atoms with van der Waals surface area (Å²) in [7, 11) is 1.48. The van der Waals surface area contributed by atoms with Crippen molar-refractivity contribution in [2.24, 2.45) is 0 Å². The summed E-state index contributed by atoms with van der Waals surface area (Å²) in [5.74, 6) is -2.78. The van der Waals surface area contributed by atoms with Gasteiger partial charge in [-0.05, 0) is 12.1 Å². The molecule has 0 fully saturated rings. The molecule has 25 heavy (non-hydrogen) atoms. The van der Waals surface area contributed by atoms with Crippen molar-refractivity contribution in [1.29, 1.82) is 0 Å². The number of nitrogens with one attached hydrogen (secondary N) is 1. The summed E-state index contributed by atoms with van der Waals surface area (Å²) in [5.41, 5.74) is 0.119. The van der Waals surface area contributed by atoms with Crippen LogP contribution in [0.3, 0.4) is 0 Å². The second-order valence-electron chi connectivity index (χ2n) is 5.01. The molecular formula is C15H14Cl2N2O6. The molecule has 0 unspecified atom stereocenters. The number of carbonyl (C=O) groups excluding carboxylic acids is 4. The maximum absolute atomic E-state index is 12.2. The first-order valence-electron chi connectivity index (χ1n) is 7.11. The van der Waals surface area contributed by atoms with Crippen molar-refractivity contribution >= 4 is 46.9 Å². The van der Waals surface area contributed by atoms with Gasteiger partial charge in [0.15, 0.2) is 6.61 Å². The molecule has 1 aromatic carbocycles. The molecule has 8 nitrogen and oxygen atoms in total. The van der Waals surface area contributed by atoms with Crippen LogP contribution < -0.4 is 5.32 Å². The van der Waals surface area contributed by atoms with Crippen LogP contribution in [0.2, 0.25) is 10.0 Å². The molecule has 0 bridgehead atoms.